The topological polar surface area (TPSA) is 56.3 Å². The maximum atomic E-state index is 9.56. The number of allylic oxidation sites excluding steroid dienone is 1. The van der Waals surface area contributed by atoms with Gasteiger partial charge in [0.25, 0.3) is 0 Å². The molecule has 3 aliphatic rings. The predicted molar refractivity (Wildman–Crippen MR) is 99.5 cm³/mol. The minimum atomic E-state index is -0.247. The van der Waals surface area contributed by atoms with Crippen LogP contribution in [0.5, 0.6) is 0 Å². The fraction of sp³-hybridized carbons (Fsp3) is 0.700. The molecule has 0 spiro atoms. The highest BCUT2D eigenvalue weighted by molar-refractivity contribution is 5.18. The maximum absolute atomic E-state index is 9.56. The van der Waals surface area contributed by atoms with E-state index in [1.165, 1.54) is 30.4 Å². The predicted octanol–water partition coefficient (Wildman–Crippen LogP) is 2.73. The van der Waals surface area contributed by atoms with Crippen LogP contribution in [-0.4, -0.2) is 35.4 Å². The summed E-state index contributed by atoms with van der Waals surface area (Å²) in [7, 11) is 0. The molecule has 0 bridgehead atoms. The van der Waals surface area contributed by atoms with E-state index in [1.807, 2.05) is 6.08 Å². The first-order chi connectivity index (χ1) is 11.6. The van der Waals surface area contributed by atoms with Crippen molar-refractivity contribution in [3.63, 3.8) is 0 Å². The molecule has 5 atom stereocenters. The Morgan fingerprint density at radius 1 is 0.875 bits per heavy atom. The van der Waals surface area contributed by atoms with E-state index >= 15 is 0 Å². The van der Waals surface area contributed by atoms with Gasteiger partial charge in [0.1, 0.15) is 0 Å². The van der Waals surface area contributed by atoms with Gasteiger partial charge in [-0.2, -0.15) is 0 Å². The summed E-state index contributed by atoms with van der Waals surface area (Å²) < 4.78 is 0. The van der Waals surface area contributed by atoms with Crippen LogP contribution in [-0.2, 0) is 0 Å². The van der Waals surface area contributed by atoms with Crippen molar-refractivity contribution in [3.8, 4) is 0 Å². The zero-order valence-electron chi connectivity index (χ0n) is 15.1. The molecular formula is C20H33N3O. The van der Waals surface area contributed by atoms with Crippen LogP contribution in [0.2, 0.25) is 0 Å². The number of hydrogen-bond acceptors (Lipinski definition) is 4. The molecule has 4 heteroatoms. The maximum Gasteiger partial charge on any atom is 0.0722 e. The molecule has 0 radical (unpaired) electrons. The van der Waals surface area contributed by atoms with E-state index in [0.29, 0.717) is 24.2 Å². The second-order valence-corrected chi connectivity index (χ2v) is 7.67. The first kappa shape index (κ1) is 17.9. The van der Waals surface area contributed by atoms with Gasteiger partial charge in [-0.3, -0.25) is 10.9 Å². The third-order valence-corrected chi connectivity index (χ3v) is 5.69. The van der Waals surface area contributed by atoms with Crippen LogP contribution in [0.25, 0.3) is 0 Å². The minimum absolute atomic E-state index is 0.247. The Hall–Kier alpha value is -0.940. The van der Waals surface area contributed by atoms with Crippen LogP contribution >= 0.6 is 0 Å². The Labute approximate surface area is 146 Å². The molecule has 3 aliphatic carbocycles. The van der Waals surface area contributed by atoms with Gasteiger partial charge in [0.2, 0.25) is 0 Å². The Morgan fingerprint density at radius 3 is 2.42 bits per heavy atom. The molecule has 0 aromatic heterocycles. The molecule has 134 valence electrons. The fourth-order valence-electron chi connectivity index (χ4n) is 4.04. The monoisotopic (exact) mass is 331 g/mol. The molecule has 0 fully saturated rings. The molecule has 0 aromatic rings. The number of hydrogen-bond donors (Lipinski definition) is 4. The Balaban J connectivity index is 1.47. The van der Waals surface area contributed by atoms with Gasteiger partial charge in [-0.1, -0.05) is 35.5 Å². The van der Waals surface area contributed by atoms with Crippen LogP contribution in [0, 0.1) is 0 Å². The highest BCUT2D eigenvalue weighted by Crippen LogP contribution is 2.22. The standard InChI is InChI=1S/C20H33N3O/c1-14-5-3-4-6-20(14)23-22-17-9-12-19(15(2)13-17)21-16-7-10-18(24)11-8-16/h5,7,10,13,16-24H,3-4,6,8-9,11-12H2,1-2H3. The van der Waals surface area contributed by atoms with Crippen molar-refractivity contribution in [1.29, 1.82) is 0 Å². The summed E-state index contributed by atoms with van der Waals surface area (Å²) in [6.45, 7) is 4.47. The lowest BCUT2D eigenvalue weighted by Crippen LogP contribution is -2.49. The van der Waals surface area contributed by atoms with E-state index in [2.05, 4.69) is 48.2 Å². The van der Waals surface area contributed by atoms with Crippen LogP contribution in [0.3, 0.4) is 0 Å². The van der Waals surface area contributed by atoms with Crippen molar-refractivity contribution < 1.29 is 5.11 Å². The van der Waals surface area contributed by atoms with Crippen molar-refractivity contribution in [2.24, 2.45) is 0 Å². The van der Waals surface area contributed by atoms with Crippen molar-refractivity contribution in [3.05, 3.63) is 35.5 Å². The minimum Gasteiger partial charge on any atom is -0.389 e. The van der Waals surface area contributed by atoms with E-state index in [-0.39, 0.29) is 6.10 Å². The van der Waals surface area contributed by atoms with Gasteiger partial charge >= 0.3 is 0 Å². The molecule has 3 rings (SSSR count). The Kier molecular flexibility index (Phi) is 6.28. The van der Waals surface area contributed by atoms with Gasteiger partial charge in [-0.25, -0.2) is 0 Å². The van der Waals surface area contributed by atoms with Crippen molar-refractivity contribution in [2.75, 3.05) is 0 Å². The molecule has 4 nitrogen and oxygen atoms in total. The van der Waals surface area contributed by atoms with Crippen molar-refractivity contribution in [1.82, 2.24) is 16.2 Å². The van der Waals surface area contributed by atoms with Crippen LogP contribution < -0.4 is 16.2 Å². The van der Waals surface area contributed by atoms with E-state index in [0.717, 1.165) is 25.7 Å². The third kappa shape index (κ3) is 4.79. The van der Waals surface area contributed by atoms with Crippen LogP contribution in [0.1, 0.15) is 58.8 Å². The number of nitrogens with one attached hydrogen (secondary N) is 3. The first-order valence-electron chi connectivity index (χ1n) is 9.60. The van der Waals surface area contributed by atoms with E-state index < -0.39 is 0 Å². The average molecular weight is 332 g/mol. The molecule has 4 N–H and O–H groups in total. The highest BCUT2D eigenvalue weighted by atomic mass is 16.3. The zero-order valence-corrected chi connectivity index (χ0v) is 15.1. The summed E-state index contributed by atoms with van der Waals surface area (Å²) in [6.07, 6.45) is 16.5. The molecule has 0 saturated carbocycles. The van der Waals surface area contributed by atoms with Gasteiger partial charge in [0.05, 0.1) is 6.10 Å². The van der Waals surface area contributed by atoms with Crippen molar-refractivity contribution >= 4 is 0 Å². The van der Waals surface area contributed by atoms with Crippen LogP contribution in [0.15, 0.2) is 35.5 Å². The zero-order chi connectivity index (χ0) is 16.9. The quantitative estimate of drug-likeness (QED) is 0.462. The summed E-state index contributed by atoms with van der Waals surface area (Å²) in [4.78, 5) is 0. The van der Waals surface area contributed by atoms with Gasteiger partial charge in [-0.15, -0.1) is 0 Å². The smallest absolute Gasteiger partial charge is 0.0722 e. The van der Waals surface area contributed by atoms with Crippen LogP contribution in [0.4, 0.5) is 0 Å². The lowest BCUT2D eigenvalue weighted by atomic mass is 9.90. The van der Waals surface area contributed by atoms with Gasteiger partial charge in [-0.05, 0) is 58.8 Å². The number of rotatable bonds is 5. The molecule has 0 aromatic carbocycles. The Morgan fingerprint density at radius 2 is 1.71 bits per heavy atom. The van der Waals surface area contributed by atoms with Gasteiger partial charge < -0.3 is 10.4 Å². The summed E-state index contributed by atoms with van der Waals surface area (Å²) in [5, 5.41) is 13.3. The molecule has 0 heterocycles. The average Bonchev–Trinajstić information content (AvgIpc) is 2.58. The van der Waals surface area contributed by atoms with Crippen molar-refractivity contribution in [2.45, 2.75) is 89.1 Å². The van der Waals surface area contributed by atoms with E-state index in [9.17, 15) is 5.11 Å². The summed E-state index contributed by atoms with van der Waals surface area (Å²) in [5.74, 6) is 0. The largest absolute Gasteiger partial charge is 0.389 e. The lowest BCUT2D eigenvalue weighted by Gasteiger charge is -2.33. The molecule has 24 heavy (non-hydrogen) atoms. The molecule has 0 saturated heterocycles. The lowest BCUT2D eigenvalue weighted by molar-refractivity contribution is 0.196. The fourth-order valence-corrected chi connectivity index (χ4v) is 4.04. The molecule has 0 amide bonds. The SMILES string of the molecule is CC1=CCCCC1NNC1C=C(C)C(NC2C=CC(O)CC2)CC1. The number of aliphatic hydroxyl groups excluding tert-OH is 1. The normalized spacial score (nSPS) is 37.0. The van der Waals surface area contributed by atoms with Gasteiger partial charge in [0.15, 0.2) is 0 Å². The first-order valence-corrected chi connectivity index (χ1v) is 9.60. The molecular weight excluding hydrogens is 298 g/mol. The molecule has 0 aliphatic heterocycles. The third-order valence-electron chi connectivity index (χ3n) is 5.69. The number of hydrazine groups is 1. The second kappa shape index (κ2) is 8.43. The van der Waals surface area contributed by atoms with E-state index in [1.54, 1.807) is 0 Å². The van der Waals surface area contributed by atoms with E-state index in [4.69, 9.17) is 0 Å². The summed E-state index contributed by atoms with van der Waals surface area (Å²) in [5.41, 5.74) is 9.98. The summed E-state index contributed by atoms with van der Waals surface area (Å²) >= 11 is 0. The van der Waals surface area contributed by atoms with Gasteiger partial charge in [0, 0.05) is 24.2 Å². The molecule has 5 unspecified atom stereocenters. The summed E-state index contributed by atoms with van der Waals surface area (Å²) in [6, 6.07) is 1.77. The second-order valence-electron chi connectivity index (χ2n) is 7.67. The number of aliphatic hydroxyl groups is 1. The highest BCUT2D eigenvalue weighted by Gasteiger charge is 2.24. The Bertz CT molecular complexity index is 511.